The Morgan fingerprint density at radius 2 is 1.81 bits per heavy atom. The molecule has 0 bridgehead atoms. The summed E-state index contributed by atoms with van der Waals surface area (Å²) >= 11 is 0. The van der Waals surface area contributed by atoms with E-state index in [1.807, 2.05) is 30.3 Å². The Balaban J connectivity index is 1.85. The first-order valence-electron chi connectivity index (χ1n) is 8.86. The van der Waals surface area contributed by atoms with Crippen molar-refractivity contribution in [3.05, 3.63) is 64.6 Å². The lowest BCUT2D eigenvalue weighted by atomic mass is 10.1. The van der Waals surface area contributed by atoms with Gasteiger partial charge in [0.25, 0.3) is 0 Å². The van der Waals surface area contributed by atoms with Crippen LogP contribution < -0.4 is 10.5 Å². The number of oxazole rings is 1. The molecule has 0 amide bonds. The largest absolute Gasteiger partial charge is 0.417 e. The molecule has 0 fully saturated rings. The van der Waals surface area contributed by atoms with Crippen LogP contribution in [0, 0.1) is 0 Å². The average molecular weight is 389 g/mol. The van der Waals surface area contributed by atoms with Gasteiger partial charge in [0.15, 0.2) is 5.58 Å². The smallest absolute Gasteiger partial charge is 0.408 e. The van der Waals surface area contributed by atoms with Crippen molar-refractivity contribution < 1.29 is 12.8 Å². The van der Waals surface area contributed by atoms with Gasteiger partial charge in [0.1, 0.15) is 0 Å². The molecule has 1 aromatic heterocycles. The summed E-state index contributed by atoms with van der Waals surface area (Å²) in [4.78, 5) is 16.0. The number of H-pyrrole nitrogens is 1. The summed E-state index contributed by atoms with van der Waals surface area (Å²) in [5.41, 5.74) is 1.73. The number of fused-ring (bicyclic) bond motifs is 1. The molecule has 2 aromatic carbocycles. The van der Waals surface area contributed by atoms with Crippen molar-refractivity contribution in [2.24, 2.45) is 0 Å². The van der Waals surface area contributed by atoms with Crippen LogP contribution in [0.3, 0.4) is 0 Å². The summed E-state index contributed by atoms with van der Waals surface area (Å²) in [6, 6.07) is 14.1. The van der Waals surface area contributed by atoms with E-state index in [1.54, 1.807) is 0 Å². The molecule has 0 spiro atoms. The standard InChI is InChI=1S/C19H23N3O4S/c1-3-22(4-2)17(14-8-6-5-7-9-14)13-20-27(24,25)15-10-11-16-18(12-15)26-19(23)21-16/h5-12,17,20H,3-4,13H2,1-2H3,(H,21,23). The van der Waals surface area contributed by atoms with Crippen molar-refractivity contribution in [1.82, 2.24) is 14.6 Å². The van der Waals surface area contributed by atoms with Gasteiger partial charge in [-0.1, -0.05) is 44.2 Å². The second-order valence-electron chi connectivity index (χ2n) is 6.17. The van der Waals surface area contributed by atoms with Crippen LogP contribution in [0.2, 0.25) is 0 Å². The first kappa shape index (κ1) is 19.3. The minimum Gasteiger partial charge on any atom is -0.408 e. The normalized spacial score (nSPS) is 13.3. The van der Waals surface area contributed by atoms with Crippen LogP contribution in [0.15, 0.2) is 62.6 Å². The number of benzene rings is 2. The summed E-state index contributed by atoms with van der Waals surface area (Å²) in [5.74, 6) is -0.613. The molecule has 3 aromatic rings. The molecule has 144 valence electrons. The van der Waals surface area contributed by atoms with E-state index in [1.165, 1.54) is 18.2 Å². The molecule has 0 aliphatic rings. The van der Waals surface area contributed by atoms with Crippen LogP contribution in [0.5, 0.6) is 0 Å². The maximum Gasteiger partial charge on any atom is 0.417 e. The number of hydrogen-bond donors (Lipinski definition) is 2. The van der Waals surface area contributed by atoms with E-state index in [4.69, 9.17) is 4.42 Å². The quantitative estimate of drug-likeness (QED) is 0.617. The summed E-state index contributed by atoms with van der Waals surface area (Å²) < 4.78 is 33.2. The Morgan fingerprint density at radius 1 is 1.11 bits per heavy atom. The fourth-order valence-corrected chi connectivity index (χ4v) is 4.22. The predicted octanol–water partition coefficient (Wildman–Crippen LogP) is 2.48. The predicted molar refractivity (Wildman–Crippen MR) is 104 cm³/mol. The third-order valence-corrected chi connectivity index (χ3v) is 6.03. The van der Waals surface area contributed by atoms with Crippen molar-refractivity contribution in [2.75, 3.05) is 19.6 Å². The highest BCUT2D eigenvalue weighted by Gasteiger charge is 2.22. The third-order valence-electron chi connectivity index (χ3n) is 4.61. The number of rotatable bonds is 8. The van der Waals surface area contributed by atoms with Gasteiger partial charge in [-0.3, -0.25) is 9.88 Å². The van der Waals surface area contributed by atoms with Crippen molar-refractivity contribution in [2.45, 2.75) is 24.8 Å². The van der Waals surface area contributed by atoms with Crippen LogP contribution in [0.4, 0.5) is 0 Å². The molecular weight excluding hydrogens is 366 g/mol. The highest BCUT2D eigenvalue weighted by atomic mass is 32.2. The Kier molecular flexibility index (Phi) is 5.79. The van der Waals surface area contributed by atoms with Crippen molar-refractivity contribution >= 4 is 21.1 Å². The lowest BCUT2D eigenvalue weighted by molar-refractivity contribution is 0.220. The van der Waals surface area contributed by atoms with E-state index in [0.29, 0.717) is 5.52 Å². The summed E-state index contributed by atoms with van der Waals surface area (Å²) in [6.45, 7) is 5.95. The van der Waals surface area contributed by atoms with Crippen molar-refractivity contribution in [3.63, 3.8) is 0 Å². The van der Waals surface area contributed by atoms with Gasteiger partial charge in [-0.2, -0.15) is 0 Å². The Bertz CT molecular complexity index is 1050. The molecule has 0 aliphatic carbocycles. The highest BCUT2D eigenvalue weighted by molar-refractivity contribution is 7.89. The molecule has 0 aliphatic heterocycles. The Hall–Kier alpha value is -2.42. The first-order chi connectivity index (χ1) is 12.9. The number of hydrogen-bond acceptors (Lipinski definition) is 5. The van der Waals surface area contributed by atoms with Gasteiger partial charge >= 0.3 is 5.76 Å². The van der Waals surface area contributed by atoms with Crippen LogP contribution in [-0.4, -0.2) is 37.9 Å². The number of nitrogens with zero attached hydrogens (tertiary/aromatic N) is 1. The number of likely N-dealkylation sites (N-methyl/N-ethyl adjacent to an activating group) is 1. The zero-order chi connectivity index (χ0) is 19.4. The summed E-state index contributed by atoms with van der Waals surface area (Å²) in [7, 11) is -3.75. The molecule has 1 heterocycles. The lowest BCUT2D eigenvalue weighted by Crippen LogP contribution is -2.38. The van der Waals surface area contributed by atoms with E-state index in [2.05, 4.69) is 28.5 Å². The number of sulfonamides is 1. The molecule has 7 nitrogen and oxygen atoms in total. The lowest BCUT2D eigenvalue weighted by Gasteiger charge is -2.30. The van der Waals surface area contributed by atoms with Gasteiger partial charge in [0, 0.05) is 18.7 Å². The topological polar surface area (TPSA) is 95.4 Å². The molecular formula is C19H23N3O4S. The summed E-state index contributed by atoms with van der Waals surface area (Å²) in [6.07, 6.45) is 0. The average Bonchev–Trinajstić information content (AvgIpc) is 3.05. The van der Waals surface area contributed by atoms with E-state index in [9.17, 15) is 13.2 Å². The second kappa shape index (κ2) is 8.08. The number of nitrogens with one attached hydrogen (secondary N) is 2. The molecule has 0 saturated heterocycles. The molecule has 0 saturated carbocycles. The van der Waals surface area contributed by atoms with E-state index < -0.39 is 15.8 Å². The first-order valence-corrected chi connectivity index (χ1v) is 10.3. The molecule has 1 atom stereocenters. The number of aromatic amines is 1. The second-order valence-corrected chi connectivity index (χ2v) is 7.94. The monoisotopic (exact) mass is 389 g/mol. The molecule has 27 heavy (non-hydrogen) atoms. The molecule has 2 N–H and O–H groups in total. The minimum atomic E-state index is -3.75. The fourth-order valence-electron chi connectivity index (χ4n) is 3.16. The van der Waals surface area contributed by atoms with Gasteiger partial charge in [-0.25, -0.2) is 17.9 Å². The van der Waals surface area contributed by atoms with Crippen LogP contribution >= 0.6 is 0 Å². The molecule has 8 heteroatoms. The van der Waals surface area contributed by atoms with Gasteiger partial charge < -0.3 is 4.42 Å². The van der Waals surface area contributed by atoms with Crippen molar-refractivity contribution in [1.29, 1.82) is 0 Å². The summed E-state index contributed by atoms with van der Waals surface area (Å²) in [5, 5.41) is 0. The molecule has 0 radical (unpaired) electrons. The zero-order valence-corrected chi connectivity index (χ0v) is 16.1. The Morgan fingerprint density at radius 3 is 2.48 bits per heavy atom. The SMILES string of the molecule is CCN(CC)C(CNS(=O)(=O)c1ccc2[nH]c(=O)oc2c1)c1ccccc1. The highest BCUT2D eigenvalue weighted by Crippen LogP contribution is 2.21. The van der Waals surface area contributed by atoms with Crippen LogP contribution in [0.1, 0.15) is 25.5 Å². The van der Waals surface area contributed by atoms with Gasteiger partial charge in [-0.05, 0) is 30.8 Å². The third kappa shape index (κ3) is 4.29. The van der Waals surface area contributed by atoms with Gasteiger partial charge in [-0.15, -0.1) is 0 Å². The molecule has 3 rings (SSSR count). The zero-order valence-electron chi connectivity index (χ0n) is 15.3. The maximum absolute atomic E-state index is 12.8. The van der Waals surface area contributed by atoms with E-state index in [-0.39, 0.29) is 23.1 Å². The molecule has 1 unspecified atom stereocenters. The van der Waals surface area contributed by atoms with Crippen LogP contribution in [0.25, 0.3) is 11.1 Å². The maximum atomic E-state index is 12.8. The van der Waals surface area contributed by atoms with Gasteiger partial charge in [0.05, 0.1) is 10.4 Å². The fraction of sp³-hybridized carbons (Fsp3) is 0.316. The van der Waals surface area contributed by atoms with Gasteiger partial charge in [0.2, 0.25) is 10.0 Å². The van der Waals surface area contributed by atoms with E-state index >= 15 is 0 Å². The Labute approximate surface area is 158 Å². The minimum absolute atomic E-state index is 0.0594. The van der Waals surface area contributed by atoms with Crippen LogP contribution in [-0.2, 0) is 10.0 Å². The van der Waals surface area contributed by atoms with Crippen molar-refractivity contribution in [3.8, 4) is 0 Å². The number of aromatic nitrogens is 1. The van der Waals surface area contributed by atoms with E-state index in [0.717, 1.165) is 18.7 Å².